The Balaban J connectivity index is 2.34. The number of aliphatic hydroxyl groups excluding tert-OH is 1. The molecule has 0 spiro atoms. The summed E-state index contributed by atoms with van der Waals surface area (Å²) < 4.78 is 0. The molecule has 0 aliphatic carbocycles. The quantitative estimate of drug-likeness (QED) is 0.396. The predicted octanol–water partition coefficient (Wildman–Crippen LogP) is -0.950. The molecule has 3 N–H and O–H groups in total. The second-order valence-electron chi connectivity index (χ2n) is 2.08. The third-order valence-electron chi connectivity index (χ3n) is 1.26. The highest BCUT2D eigenvalue weighted by Crippen LogP contribution is 1.90. The number of urea groups is 1. The third-order valence-corrected chi connectivity index (χ3v) is 1.26. The van der Waals surface area contributed by atoms with Crippen LogP contribution in [0.25, 0.3) is 0 Å². The van der Waals surface area contributed by atoms with Gasteiger partial charge in [-0.2, -0.15) is 0 Å². The van der Waals surface area contributed by atoms with Gasteiger partial charge in [0, 0.05) is 13.1 Å². The van der Waals surface area contributed by atoms with Gasteiger partial charge in [0.1, 0.15) is 0 Å². The number of amides is 2. The summed E-state index contributed by atoms with van der Waals surface area (Å²) in [7, 11) is 0. The Morgan fingerprint density at radius 2 is 2.33 bits per heavy atom. The lowest BCUT2D eigenvalue weighted by molar-refractivity contribution is 0.171. The molecule has 52 valence electrons. The van der Waals surface area contributed by atoms with Crippen molar-refractivity contribution in [2.45, 2.75) is 12.5 Å². The Morgan fingerprint density at radius 1 is 1.56 bits per heavy atom. The summed E-state index contributed by atoms with van der Waals surface area (Å²) in [5.74, 6) is 0. The zero-order valence-electron chi connectivity index (χ0n) is 5.05. The maximum atomic E-state index is 10.5. The predicted molar refractivity (Wildman–Crippen MR) is 32.0 cm³/mol. The van der Waals surface area contributed by atoms with Crippen LogP contribution in [0.2, 0.25) is 0 Å². The lowest BCUT2D eigenvalue weighted by Crippen LogP contribution is -2.34. The molecule has 4 heteroatoms. The van der Waals surface area contributed by atoms with E-state index in [1.165, 1.54) is 0 Å². The SMILES string of the molecule is O=C1NCCC(O)CN1. The van der Waals surface area contributed by atoms with Crippen LogP contribution in [-0.4, -0.2) is 30.3 Å². The molecule has 2 amide bonds. The molecule has 1 aliphatic rings. The molecule has 9 heavy (non-hydrogen) atoms. The van der Waals surface area contributed by atoms with Crippen molar-refractivity contribution >= 4 is 6.03 Å². The van der Waals surface area contributed by atoms with Gasteiger partial charge in [-0.3, -0.25) is 0 Å². The zero-order chi connectivity index (χ0) is 6.69. The molecule has 1 saturated heterocycles. The highest BCUT2D eigenvalue weighted by atomic mass is 16.3. The Kier molecular flexibility index (Phi) is 1.89. The maximum absolute atomic E-state index is 10.5. The van der Waals surface area contributed by atoms with Gasteiger partial charge in [-0.1, -0.05) is 0 Å². The minimum Gasteiger partial charge on any atom is -0.391 e. The fraction of sp³-hybridized carbons (Fsp3) is 0.800. The summed E-state index contributed by atoms with van der Waals surface area (Å²) in [5, 5.41) is 14.0. The second kappa shape index (κ2) is 2.68. The third kappa shape index (κ3) is 1.89. The van der Waals surface area contributed by atoms with Crippen LogP contribution in [0, 0.1) is 0 Å². The molecule has 1 unspecified atom stereocenters. The maximum Gasteiger partial charge on any atom is 0.314 e. The first-order chi connectivity index (χ1) is 4.29. The fourth-order valence-corrected chi connectivity index (χ4v) is 0.727. The molecule has 1 heterocycles. The van der Waals surface area contributed by atoms with Gasteiger partial charge < -0.3 is 15.7 Å². The van der Waals surface area contributed by atoms with E-state index in [4.69, 9.17) is 5.11 Å². The van der Waals surface area contributed by atoms with E-state index in [1.54, 1.807) is 0 Å². The Hall–Kier alpha value is -0.770. The molecule has 1 atom stereocenters. The van der Waals surface area contributed by atoms with E-state index < -0.39 is 0 Å². The number of carbonyl (C=O) groups is 1. The van der Waals surface area contributed by atoms with Gasteiger partial charge in [-0.25, -0.2) is 4.79 Å². The van der Waals surface area contributed by atoms with Gasteiger partial charge >= 0.3 is 6.03 Å². The van der Waals surface area contributed by atoms with Crippen LogP contribution in [0.15, 0.2) is 0 Å². The summed E-state index contributed by atoms with van der Waals surface area (Å²) >= 11 is 0. The van der Waals surface area contributed by atoms with Crippen LogP contribution < -0.4 is 10.6 Å². The summed E-state index contributed by atoms with van der Waals surface area (Å²) in [6.45, 7) is 0.929. The number of hydrogen-bond acceptors (Lipinski definition) is 2. The van der Waals surface area contributed by atoms with Gasteiger partial charge in [0.2, 0.25) is 0 Å². The Bertz CT molecular complexity index is 116. The van der Waals surface area contributed by atoms with E-state index in [2.05, 4.69) is 10.6 Å². The molecule has 0 aromatic carbocycles. The normalized spacial score (nSPS) is 28.1. The van der Waals surface area contributed by atoms with Gasteiger partial charge in [0.25, 0.3) is 0 Å². The first-order valence-corrected chi connectivity index (χ1v) is 2.99. The first-order valence-electron chi connectivity index (χ1n) is 2.99. The van der Waals surface area contributed by atoms with E-state index in [0.29, 0.717) is 19.5 Å². The highest BCUT2D eigenvalue weighted by Gasteiger charge is 2.10. The fourth-order valence-electron chi connectivity index (χ4n) is 0.727. The van der Waals surface area contributed by atoms with Gasteiger partial charge in [-0.15, -0.1) is 0 Å². The van der Waals surface area contributed by atoms with Crippen molar-refractivity contribution < 1.29 is 9.90 Å². The van der Waals surface area contributed by atoms with E-state index in [9.17, 15) is 4.79 Å². The van der Waals surface area contributed by atoms with Gasteiger partial charge in [0.15, 0.2) is 0 Å². The molecule has 1 aliphatic heterocycles. The lowest BCUT2D eigenvalue weighted by Gasteiger charge is -2.02. The van der Waals surface area contributed by atoms with Crippen LogP contribution in [0.5, 0.6) is 0 Å². The highest BCUT2D eigenvalue weighted by molar-refractivity contribution is 5.74. The molecule has 1 rings (SSSR count). The lowest BCUT2D eigenvalue weighted by atomic mass is 10.3. The molecule has 0 aromatic rings. The smallest absolute Gasteiger partial charge is 0.314 e. The molecule has 0 saturated carbocycles. The van der Waals surface area contributed by atoms with Crippen LogP contribution in [0.3, 0.4) is 0 Å². The van der Waals surface area contributed by atoms with Gasteiger partial charge in [0.05, 0.1) is 6.10 Å². The van der Waals surface area contributed by atoms with Crippen molar-refractivity contribution in [2.75, 3.05) is 13.1 Å². The van der Waals surface area contributed by atoms with Crippen molar-refractivity contribution in [3.05, 3.63) is 0 Å². The molecule has 1 fully saturated rings. The largest absolute Gasteiger partial charge is 0.391 e. The van der Waals surface area contributed by atoms with Crippen LogP contribution in [-0.2, 0) is 0 Å². The topological polar surface area (TPSA) is 61.4 Å². The minimum absolute atomic E-state index is 0.188. The molecule has 0 radical (unpaired) electrons. The summed E-state index contributed by atoms with van der Waals surface area (Å²) in [6.07, 6.45) is 0.252. The minimum atomic E-state index is -0.385. The monoisotopic (exact) mass is 130 g/mol. The molecular weight excluding hydrogens is 120 g/mol. The molecular formula is C5H10N2O2. The number of rotatable bonds is 0. The summed E-state index contributed by atoms with van der Waals surface area (Å²) in [4.78, 5) is 10.5. The molecule has 0 aromatic heterocycles. The number of nitrogens with one attached hydrogen (secondary N) is 2. The Morgan fingerprint density at radius 3 is 3.11 bits per heavy atom. The van der Waals surface area contributed by atoms with Crippen LogP contribution in [0.4, 0.5) is 4.79 Å². The summed E-state index contributed by atoms with van der Waals surface area (Å²) in [6, 6.07) is -0.188. The number of carbonyl (C=O) groups excluding carboxylic acids is 1. The summed E-state index contributed by atoms with van der Waals surface area (Å²) in [5.41, 5.74) is 0. The zero-order valence-corrected chi connectivity index (χ0v) is 5.05. The van der Waals surface area contributed by atoms with Gasteiger partial charge in [-0.05, 0) is 6.42 Å². The Labute approximate surface area is 53.2 Å². The second-order valence-corrected chi connectivity index (χ2v) is 2.08. The average Bonchev–Trinajstić information content (AvgIpc) is 1.97. The van der Waals surface area contributed by atoms with Crippen LogP contribution in [0.1, 0.15) is 6.42 Å². The number of β-amino-alcohol motifs (C(OH)–C–C–N with tert-alkyl or cyclic N) is 1. The number of aliphatic hydroxyl groups is 1. The van der Waals surface area contributed by atoms with E-state index in [1.807, 2.05) is 0 Å². The van der Waals surface area contributed by atoms with Crippen molar-refractivity contribution in [1.82, 2.24) is 10.6 Å². The van der Waals surface area contributed by atoms with Crippen molar-refractivity contribution in [2.24, 2.45) is 0 Å². The van der Waals surface area contributed by atoms with E-state index in [-0.39, 0.29) is 12.1 Å². The molecule has 0 bridgehead atoms. The van der Waals surface area contributed by atoms with E-state index in [0.717, 1.165) is 0 Å². The average molecular weight is 130 g/mol. The van der Waals surface area contributed by atoms with Crippen LogP contribution >= 0.6 is 0 Å². The van der Waals surface area contributed by atoms with Crippen molar-refractivity contribution in [3.8, 4) is 0 Å². The standard InChI is InChI=1S/C5H10N2O2/c8-4-1-2-6-5(9)7-3-4/h4,8H,1-3H2,(H2,6,7,9). The van der Waals surface area contributed by atoms with Crippen molar-refractivity contribution in [1.29, 1.82) is 0 Å². The van der Waals surface area contributed by atoms with Crippen molar-refractivity contribution in [3.63, 3.8) is 0 Å². The molecule has 4 nitrogen and oxygen atoms in total. The number of hydrogen-bond donors (Lipinski definition) is 3. The first kappa shape index (κ1) is 6.35. The van der Waals surface area contributed by atoms with E-state index >= 15 is 0 Å².